The van der Waals surface area contributed by atoms with Gasteiger partial charge >= 0.3 is 0 Å². The SMILES string of the molecule is CC1(CC2CC3CCC2CC3)CC2CCC1CC2. The van der Waals surface area contributed by atoms with Crippen LogP contribution in [0.25, 0.3) is 0 Å². The highest BCUT2D eigenvalue weighted by Crippen LogP contribution is 2.58. The molecule has 0 aromatic carbocycles. The largest absolute Gasteiger partial charge is 0.0594 e. The molecule has 6 aliphatic rings. The van der Waals surface area contributed by atoms with Crippen LogP contribution in [0.15, 0.2) is 0 Å². The van der Waals surface area contributed by atoms with Crippen LogP contribution >= 0.6 is 0 Å². The molecule has 0 saturated heterocycles. The minimum atomic E-state index is 0.753. The molecule has 0 aromatic rings. The van der Waals surface area contributed by atoms with Gasteiger partial charge in [-0.2, -0.15) is 0 Å². The van der Waals surface area contributed by atoms with Crippen molar-refractivity contribution in [1.29, 1.82) is 0 Å². The highest BCUT2D eigenvalue weighted by Gasteiger charge is 2.47. The average molecular weight is 246 g/mol. The Balaban J connectivity index is 1.47. The van der Waals surface area contributed by atoms with Gasteiger partial charge in [-0.25, -0.2) is 0 Å². The molecule has 0 aromatic heterocycles. The van der Waals surface area contributed by atoms with Crippen molar-refractivity contribution in [3.8, 4) is 0 Å². The van der Waals surface area contributed by atoms with Crippen LogP contribution in [0.1, 0.15) is 77.6 Å². The van der Waals surface area contributed by atoms with Gasteiger partial charge in [-0.15, -0.1) is 0 Å². The van der Waals surface area contributed by atoms with Gasteiger partial charge in [-0.05, 0) is 80.0 Å². The van der Waals surface area contributed by atoms with E-state index in [2.05, 4.69) is 6.92 Å². The molecule has 0 spiro atoms. The molecule has 6 rings (SSSR count). The minimum absolute atomic E-state index is 0.753. The highest BCUT2D eigenvalue weighted by molar-refractivity contribution is 4.98. The Hall–Kier alpha value is 0. The quantitative estimate of drug-likeness (QED) is 0.610. The van der Waals surface area contributed by atoms with E-state index in [0.717, 1.165) is 35.0 Å². The minimum Gasteiger partial charge on any atom is -0.0594 e. The predicted octanol–water partition coefficient (Wildman–Crippen LogP) is 5.42. The molecule has 0 nitrogen and oxygen atoms in total. The monoisotopic (exact) mass is 246 g/mol. The van der Waals surface area contributed by atoms with Crippen molar-refractivity contribution in [3.05, 3.63) is 0 Å². The van der Waals surface area contributed by atoms with Crippen LogP contribution in [-0.4, -0.2) is 0 Å². The summed E-state index contributed by atoms with van der Waals surface area (Å²) in [5, 5.41) is 0. The van der Waals surface area contributed by atoms with Gasteiger partial charge in [0.15, 0.2) is 0 Å². The van der Waals surface area contributed by atoms with E-state index in [1.54, 1.807) is 70.6 Å². The first kappa shape index (κ1) is 11.8. The van der Waals surface area contributed by atoms with E-state index in [4.69, 9.17) is 0 Å². The van der Waals surface area contributed by atoms with Crippen molar-refractivity contribution in [2.75, 3.05) is 0 Å². The summed E-state index contributed by atoms with van der Waals surface area (Å²) in [5.74, 6) is 5.60. The summed E-state index contributed by atoms with van der Waals surface area (Å²) >= 11 is 0. The van der Waals surface area contributed by atoms with Crippen LogP contribution < -0.4 is 0 Å². The molecule has 0 radical (unpaired) electrons. The summed E-state index contributed by atoms with van der Waals surface area (Å²) < 4.78 is 0. The summed E-state index contributed by atoms with van der Waals surface area (Å²) in [4.78, 5) is 0. The third kappa shape index (κ3) is 1.86. The van der Waals surface area contributed by atoms with Crippen molar-refractivity contribution in [2.24, 2.45) is 35.0 Å². The van der Waals surface area contributed by atoms with E-state index in [1.807, 2.05) is 0 Å². The van der Waals surface area contributed by atoms with Gasteiger partial charge in [-0.3, -0.25) is 0 Å². The second kappa shape index (κ2) is 4.25. The van der Waals surface area contributed by atoms with Crippen LogP contribution in [0, 0.1) is 35.0 Å². The normalized spacial score (nSPS) is 54.8. The van der Waals surface area contributed by atoms with Crippen molar-refractivity contribution in [2.45, 2.75) is 77.6 Å². The first-order valence-corrected chi connectivity index (χ1v) is 8.73. The van der Waals surface area contributed by atoms with E-state index in [-0.39, 0.29) is 0 Å². The molecule has 0 aliphatic heterocycles. The zero-order valence-electron chi connectivity index (χ0n) is 12.2. The molecule has 0 heteroatoms. The molecule has 2 unspecified atom stereocenters. The predicted molar refractivity (Wildman–Crippen MR) is 76.3 cm³/mol. The van der Waals surface area contributed by atoms with Crippen molar-refractivity contribution >= 4 is 0 Å². The van der Waals surface area contributed by atoms with Gasteiger partial charge in [0.05, 0.1) is 0 Å². The van der Waals surface area contributed by atoms with Crippen LogP contribution in [0.5, 0.6) is 0 Å². The zero-order chi connectivity index (χ0) is 12.2. The third-order valence-corrected chi connectivity index (χ3v) is 7.51. The Morgan fingerprint density at radius 1 is 0.833 bits per heavy atom. The van der Waals surface area contributed by atoms with Crippen LogP contribution in [-0.2, 0) is 0 Å². The smallest absolute Gasteiger partial charge is 0.0292 e. The van der Waals surface area contributed by atoms with Crippen LogP contribution in [0.3, 0.4) is 0 Å². The van der Waals surface area contributed by atoms with E-state index in [1.165, 1.54) is 0 Å². The fourth-order valence-corrected chi connectivity index (χ4v) is 6.50. The second-order valence-corrected chi connectivity index (χ2v) is 8.56. The number of rotatable bonds is 2. The average Bonchev–Trinajstić information content (AvgIpc) is 2.40. The Labute approximate surface area is 113 Å². The molecule has 18 heavy (non-hydrogen) atoms. The summed E-state index contributed by atoms with van der Waals surface area (Å²) in [6, 6.07) is 0. The molecule has 6 saturated carbocycles. The molecular weight excluding hydrogens is 216 g/mol. The van der Waals surface area contributed by atoms with Crippen LogP contribution in [0.4, 0.5) is 0 Å². The lowest BCUT2D eigenvalue weighted by atomic mass is 9.52. The Morgan fingerprint density at radius 3 is 2.00 bits per heavy atom. The van der Waals surface area contributed by atoms with Gasteiger partial charge < -0.3 is 0 Å². The summed E-state index contributed by atoms with van der Waals surface area (Å²) in [6.45, 7) is 2.67. The van der Waals surface area contributed by atoms with Gasteiger partial charge in [0, 0.05) is 0 Å². The maximum Gasteiger partial charge on any atom is -0.0292 e. The topological polar surface area (TPSA) is 0 Å². The Kier molecular flexibility index (Phi) is 2.79. The molecule has 0 amide bonds. The van der Waals surface area contributed by atoms with Crippen LogP contribution in [0.2, 0.25) is 0 Å². The van der Waals surface area contributed by atoms with Gasteiger partial charge in [0.1, 0.15) is 0 Å². The fraction of sp³-hybridized carbons (Fsp3) is 1.00. The fourth-order valence-electron chi connectivity index (χ4n) is 6.50. The van der Waals surface area contributed by atoms with Gasteiger partial charge in [-0.1, -0.05) is 32.6 Å². The molecule has 6 aliphatic carbocycles. The molecule has 102 valence electrons. The lowest BCUT2D eigenvalue weighted by molar-refractivity contribution is -0.0307. The Morgan fingerprint density at radius 2 is 1.50 bits per heavy atom. The molecule has 0 heterocycles. The van der Waals surface area contributed by atoms with Gasteiger partial charge in [0.2, 0.25) is 0 Å². The maximum absolute atomic E-state index is 2.67. The summed E-state index contributed by atoms with van der Waals surface area (Å²) in [7, 11) is 0. The first-order chi connectivity index (χ1) is 8.73. The maximum atomic E-state index is 2.67. The van der Waals surface area contributed by atoms with E-state index >= 15 is 0 Å². The molecule has 2 atom stereocenters. The van der Waals surface area contributed by atoms with Crippen molar-refractivity contribution in [3.63, 3.8) is 0 Å². The zero-order valence-corrected chi connectivity index (χ0v) is 12.2. The second-order valence-electron chi connectivity index (χ2n) is 8.56. The number of fused-ring (bicyclic) bond motifs is 6. The molecule has 6 fully saturated rings. The van der Waals surface area contributed by atoms with E-state index in [0.29, 0.717) is 0 Å². The molecule has 0 N–H and O–H groups in total. The summed E-state index contributed by atoms with van der Waals surface area (Å²) in [6.07, 6.45) is 17.4. The van der Waals surface area contributed by atoms with Crippen molar-refractivity contribution in [1.82, 2.24) is 0 Å². The highest BCUT2D eigenvalue weighted by atomic mass is 14.5. The number of hydrogen-bond acceptors (Lipinski definition) is 0. The van der Waals surface area contributed by atoms with E-state index in [9.17, 15) is 0 Å². The van der Waals surface area contributed by atoms with Crippen molar-refractivity contribution < 1.29 is 0 Å². The first-order valence-electron chi connectivity index (χ1n) is 8.73. The lowest BCUT2D eigenvalue weighted by Crippen LogP contribution is -2.43. The third-order valence-electron chi connectivity index (χ3n) is 7.51. The van der Waals surface area contributed by atoms with E-state index < -0.39 is 0 Å². The Bertz CT molecular complexity index is 304. The lowest BCUT2D eigenvalue weighted by Gasteiger charge is -2.54. The summed E-state index contributed by atoms with van der Waals surface area (Å²) in [5.41, 5.74) is 0.753. The standard InChI is InChI=1S/C18H30/c1-18(11-14-4-8-17(18)9-5-14)12-16-10-13-2-6-15(16)7-3-13/h13-17H,2-12H2,1H3. The molecule has 4 bridgehead atoms. The molecular formula is C18H30. The van der Waals surface area contributed by atoms with Gasteiger partial charge in [0.25, 0.3) is 0 Å². The number of hydrogen-bond donors (Lipinski definition) is 0.